The number of ether oxygens (including phenoxy) is 1. The third-order valence-electron chi connectivity index (χ3n) is 3.17. The minimum atomic E-state index is 0.620. The van der Waals surface area contributed by atoms with Crippen molar-refractivity contribution in [3.05, 3.63) is 18.3 Å². The highest BCUT2D eigenvalue weighted by Gasteiger charge is 2.11. The minimum Gasteiger partial charge on any atom is -0.481 e. The van der Waals surface area contributed by atoms with Crippen LogP contribution in [0.5, 0.6) is 5.88 Å². The summed E-state index contributed by atoms with van der Waals surface area (Å²) < 4.78 is 5.12. The standard InChI is InChI=1S/C13H20N2O/c1-16-13-10-12(8-9-14-13)15-11-6-4-2-3-5-7-11/h8-11H,2-7H2,1H3,(H,14,15). The Morgan fingerprint density at radius 2 is 2.00 bits per heavy atom. The van der Waals surface area contributed by atoms with Crippen LogP contribution in [0.4, 0.5) is 5.69 Å². The molecule has 2 rings (SSSR count). The molecule has 88 valence electrons. The van der Waals surface area contributed by atoms with Crippen LogP contribution in [-0.2, 0) is 0 Å². The highest BCUT2D eigenvalue weighted by molar-refractivity contribution is 5.45. The minimum absolute atomic E-state index is 0.620. The van der Waals surface area contributed by atoms with Crippen LogP contribution in [0.25, 0.3) is 0 Å². The lowest BCUT2D eigenvalue weighted by molar-refractivity contribution is 0.398. The Labute approximate surface area is 97.2 Å². The third kappa shape index (κ3) is 3.12. The van der Waals surface area contributed by atoms with Crippen LogP contribution in [-0.4, -0.2) is 18.1 Å². The zero-order valence-electron chi connectivity index (χ0n) is 9.91. The number of nitrogens with zero attached hydrogens (tertiary/aromatic N) is 1. The van der Waals surface area contributed by atoms with Gasteiger partial charge in [0.1, 0.15) is 0 Å². The number of rotatable bonds is 3. The van der Waals surface area contributed by atoms with Gasteiger partial charge >= 0.3 is 0 Å². The summed E-state index contributed by atoms with van der Waals surface area (Å²) in [7, 11) is 1.65. The maximum absolute atomic E-state index is 5.12. The first kappa shape index (κ1) is 11.2. The van der Waals surface area contributed by atoms with Gasteiger partial charge < -0.3 is 10.1 Å². The molecule has 0 atom stereocenters. The normalized spacial score (nSPS) is 17.8. The zero-order valence-corrected chi connectivity index (χ0v) is 9.91. The molecule has 3 nitrogen and oxygen atoms in total. The summed E-state index contributed by atoms with van der Waals surface area (Å²) in [5.74, 6) is 0.679. The van der Waals surface area contributed by atoms with Gasteiger partial charge in [-0.3, -0.25) is 0 Å². The van der Waals surface area contributed by atoms with Gasteiger partial charge in [0.15, 0.2) is 0 Å². The summed E-state index contributed by atoms with van der Waals surface area (Å²) in [6.07, 6.45) is 9.82. The van der Waals surface area contributed by atoms with E-state index in [1.807, 2.05) is 12.1 Å². The average molecular weight is 220 g/mol. The molecule has 0 radical (unpaired) electrons. The fourth-order valence-corrected chi connectivity index (χ4v) is 2.27. The molecule has 1 heterocycles. The van der Waals surface area contributed by atoms with E-state index < -0.39 is 0 Å². The molecule has 0 bridgehead atoms. The fraction of sp³-hybridized carbons (Fsp3) is 0.615. The number of aromatic nitrogens is 1. The molecule has 0 spiro atoms. The van der Waals surface area contributed by atoms with E-state index in [2.05, 4.69) is 10.3 Å². The Morgan fingerprint density at radius 1 is 1.25 bits per heavy atom. The number of hydrogen-bond acceptors (Lipinski definition) is 3. The maximum Gasteiger partial charge on any atom is 0.214 e. The molecule has 1 N–H and O–H groups in total. The van der Waals surface area contributed by atoms with Gasteiger partial charge in [0.2, 0.25) is 5.88 Å². The Kier molecular flexibility index (Phi) is 4.03. The van der Waals surface area contributed by atoms with Crippen molar-refractivity contribution in [2.24, 2.45) is 0 Å². The molecule has 1 aromatic rings. The molecule has 1 fully saturated rings. The van der Waals surface area contributed by atoms with Gasteiger partial charge in [-0.1, -0.05) is 25.7 Å². The van der Waals surface area contributed by atoms with Gasteiger partial charge in [-0.2, -0.15) is 0 Å². The van der Waals surface area contributed by atoms with Gasteiger partial charge in [-0.15, -0.1) is 0 Å². The Hall–Kier alpha value is -1.25. The van der Waals surface area contributed by atoms with Crippen molar-refractivity contribution >= 4 is 5.69 Å². The van der Waals surface area contributed by atoms with Crippen molar-refractivity contribution < 1.29 is 4.74 Å². The lowest BCUT2D eigenvalue weighted by Crippen LogP contribution is -2.18. The van der Waals surface area contributed by atoms with Gasteiger partial charge in [0.25, 0.3) is 0 Å². The van der Waals surface area contributed by atoms with Gasteiger partial charge in [-0.05, 0) is 18.9 Å². The van der Waals surface area contributed by atoms with Crippen molar-refractivity contribution in [1.82, 2.24) is 4.98 Å². The SMILES string of the molecule is COc1cc(NC2CCCCCC2)ccn1. The van der Waals surface area contributed by atoms with E-state index >= 15 is 0 Å². The van der Waals surface area contributed by atoms with Crippen molar-refractivity contribution in [3.8, 4) is 5.88 Å². The lowest BCUT2D eigenvalue weighted by Gasteiger charge is -2.17. The predicted octanol–water partition coefficient (Wildman–Crippen LogP) is 3.22. The predicted molar refractivity (Wildman–Crippen MR) is 65.9 cm³/mol. The topological polar surface area (TPSA) is 34.1 Å². The van der Waals surface area contributed by atoms with Gasteiger partial charge in [-0.25, -0.2) is 4.98 Å². The van der Waals surface area contributed by atoms with Crippen LogP contribution >= 0.6 is 0 Å². The van der Waals surface area contributed by atoms with E-state index in [-0.39, 0.29) is 0 Å². The molecule has 1 saturated carbocycles. The van der Waals surface area contributed by atoms with E-state index in [4.69, 9.17) is 4.74 Å². The first-order valence-corrected chi connectivity index (χ1v) is 6.15. The summed E-state index contributed by atoms with van der Waals surface area (Å²) in [5, 5.41) is 3.58. The van der Waals surface area contributed by atoms with Crippen molar-refractivity contribution in [1.29, 1.82) is 0 Å². The first-order valence-electron chi connectivity index (χ1n) is 6.15. The largest absolute Gasteiger partial charge is 0.481 e. The Balaban J connectivity index is 1.96. The van der Waals surface area contributed by atoms with Gasteiger partial charge in [0, 0.05) is 24.0 Å². The number of hydrogen-bond donors (Lipinski definition) is 1. The fourth-order valence-electron chi connectivity index (χ4n) is 2.27. The molecular formula is C13H20N2O. The summed E-state index contributed by atoms with van der Waals surface area (Å²) in [6.45, 7) is 0. The smallest absolute Gasteiger partial charge is 0.214 e. The molecule has 0 unspecified atom stereocenters. The second-order valence-electron chi connectivity index (χ2n) is 4.42. The number of pyridine rings is 1. The average Bonchev–Trinajstić information content (AvgIpc) is 2.58. The van der Waals surface area contributed by atoms with E-state index in [1.54, 1.807) is 13.3 Å². The van der Waals surface area contributed by atoms with Crippen LogP contribution in [0.2, 0.25) is 0 Å². The second-order valence-corrected chi connectivity index (χ2v) is 4.42. The van der Waals surface area contributed by atoms with Crippen molar-refractivity contribution in [2.45, 2.75) is 44.6 Å². The third-order valence-corrected chi connectivity index (χ3v) is 3.17. The summed E-state index contributed by atoms with van der Waals surface area (Å²) in [5.41, 5.74) is 1.12. The highest BCUT2D eigenvalue weighted by Crippen LogP contribution is 2.22. The molecular weight excluding hydrogens is 200 g/mol. The number of nitrogens with one attached hydrogen (secondary N) is 1. The Morgan fingerprint density at radius 3 is 2.69 bits per heavy atom. The molecule has 0 aromatic carbocycles. The molecule has 1 aliphatic carbocycles. The molecule has 0 amide bonds. The van der Waals surface area contributed by atoms with E-state index in [9.17, 15) is 0 Å². The second kappa shape index (κ2) is 5.73. The van der Waals surface area contributed by atoms with E-state index in [0.29, 0.717) is 11.9 Å². The summed E-state index contributed by atoms with van der Waals surface area (Å²) in [4.78, 5) is 4.11. The molecule has 0 aliphatic heterocycles. The van der Waals surface area contributed by atoms with Crippen LogP contribution in [0, 0.1) is 0 Å². The monoisotopic (exact) mass is 220 g/mol. The van der Waals surface area contributed by atoms with Crippen LogP contribution < -0.4 is 10.1 Å². The van der Waals surface area contributed by atoms with Gasteiger partial charge in [0.05, 0.1) is 7.11 Å². The molecule has 0 saturated heterocycles. The van der Waals surface area contributed by atoms with Crippen LogP contribution in [0.3, 0.4) is 0 Å². The summed E-state index contributed by atoms with van der Waals surface area (Å²) in [6, 6.07) is 4.59. The van der Waals surface area contributed by atoms with E-state index in [1.165, 1.54) is 38.5 Å². The Bertz CT molecular complexity index is 319. The zero-order chi connectivity index (χ0) is 11.2. The lowest BCUT2D eigenvalue weighted by atomic mass is 10.1. The van der Waals surface area contributed by atoms with Crippen LogP contribution in [0.1, 0.15) is 38.5 Å². The summed E-state index contributed by atoms with van der Waals surface area (Å²) >= 11 is 0. The quantitative estimate of drug-likeness (QED) is 0.794. The van der Waals surface area contributed by atoms with Crippen LogP contribution in [0.15, 0.2) is 18.3 Å². The number of anilines is 1. The molecule has 1 aromatic heterocycles. The molecule has 16 heavy (non-hydrogen) atoms. The number of methoxy groups -OCH3 is 1. The van der Waals surface area contributed by atoms with E-state index in [0.717, 1.165) is 5.69 Å². The van der Waals surface area contributed by atoms with Crippen molar-refractivity contribution in [3.63, 3.8) is 0 Å². The molecule has 3 heteroatoms. The first-order chi connectivity index (χ1) is 7.88. The highest BCUT2D eigenvalue weighted by atomic mass is 16.5. The van der Waals surface area contributed by atoms with Crippen molar-refractivity contribution in [2.75, 3.05) is 12.4 Å². The maximum atomic E-state index is 5.12. The molecule has 1 aliphatic rings.